The summed E-state index contributed by atoms with van der Waals surface area (Å²) >= 11 is 1.66. The van der Waals surface area contributed by atoms with Gasteiger partial charge >= 0.3 is 0 Å². The standard InChI is InChI=1S/C16H17F2N5S/c17-12-3-1-10(2-4-12)16-9-23(15-20-5-13(18)6-21-15)7-11(16)8-24-14(19)22-16/h1-6,11,14,22H,7-9,19H2. The number of halogens is 2. The first-order valence-electron chi connectivity index (χ1n) is 7.70. The molecule has 2 aliphatic heterocycles. The van der Waals surface area contributed by atoms with E-state index in [1.807, 2.05) is 4.90 Å². The molecule has 126 valence electrons. The Balaban J connectivity index is 1.71. The van der Waals surface area contributed by atoms with Crippen molar-refractivity contribution in [3.05, 3.63) is 53.9 Å². The molecule has 5 nitrogen and oxygen atoms in total. The molecule has 0 aliphatic carbocycles. The van der Waals surface area contributed by atoms with Crippen LogP contribution in [0.1, 0.15) is 5.56 Å². The summed E-state index contributed by atoms with van der Waals surface area (Å²) < 4.78 is 26.4. The monoisotopic (exact) mass is 349 g/mol. The van der Waals surface area contributed by atoms with Crippen molar-refractivity contribution in [3.8, 4) is 0 Å². The number of aromatic nitrogens is 2. The fourth-order valence-electron chi connectivity index (χ4n) is 3.57. The highest BCUT2D eigenvalue weighted by molar-refractivity contribution is 7.99. The molecule has 2 saturated heterocycles. The molecule has 2 fully saturated rings. The van der Waals surface area contributed by atoms with Crippen LogP contribution >= 0.6 is 11.8 Å². The molecule has 1 aromatic heterocycles. The van der Waals surface area contributed by atoms with E-state index in [0.717, 1.165) is 17.9 Å². The van der Waals surface area contributed by atoms with Gasteiger partial charge in [-0.2, -0.15) is 0 Å². The van der Waals surface area contributed by atoms with Gasteiger partial charge < -0.3 is 10.6 Å². The number of fused-ring (bicyclic) bond motifs is 1. The van der Waals surface area contributed by atoms with Crippen LogP contribution in [0.5, 0.6) is 0 Å². The molecule has 0 bridgehead atoms. The Morgan fingerprint density at radius 1 is 1.17 bits per heavy atom. The third kappa shape index (κ3) is 2.64. The van der Waals surface area contributed by atoms with E-state index >= 15 is 0 Å². The van der Waals surface area contributed by atoms with Crippen molar-refractivity contribution in [2.45, 2.75) is 11.0 Å². The van der Waals surface area contributed by atoms with Gasteiger partial charge in [0.1, 0.15) is 11.3 Å². The number of rotatable bonds is 2. The van der Waals surface area contributed by atoms with E-state index in [0.29, 0.717) is 12.5 Å². The predicted octanol–water partition coefficient (Wildman–Crippen LogP) is 1.67. The minimum absolute atomic E-state index is 0.194. The summed E-state index contributed by atoms with van der Waals surface area (Å²) in [6.45, 7) is 1.33. The van der Waals surface area contributed by atoms with Gasteiger partial charge in [0.25, 0.3) is 0 Å². The lowest BCUT2D eigenvalue weighted by Gasteiger charge is -2.42. The lowest BCUT2D eigenvalue weighted by atomic mass is 9.81. The van der Waals surface area contributed by atoms with Crippen LogP contribution in [0, 0.1) is 17.6 Å². The molecular weight excluding hydrogens is 332 g/mol. The third-order valence-electron chi connectivity index (χ3n) is 4.70. The molecule has 3 N–H and O–H groups in total. The zero-order chi connectivity index (χ0) is 16.7. The van der Waals surface area contributed by atoms with Crippen molar-refractivity contribution in [1.82, 2.24) is 15.3 Å². The summed E-state index contributed by atoms with van der Waals surface area (Å²) in [4.78, 5) is 10.2. The smallest absolute Gasteiger partial charge is 0.225 e. The molecule has 0 amide bonds. The summed E-state index contributed by atoms with van der Waals surface area (Å²) in [5.74, 6) is 0.912. The number of thioether (sulfide) groups is 1. The van der Waals surface area contributed by atoms with Gasteiger partial charge in [0.15, 0.2) is 5.82 Å². The molecule has 24 heavy (non-hydrogen) atoms. The first kappa shape index (κ1) is 15.7. The fourth-order valence-corrected chi connectivity index (χ4v) is 4.69. The Morgan fingerprint density at radius 2 is 1.88 bits per heavy atom. The molecule has 0 spiro atoms. The lowest BCUT2D eigenvalue weighted by Crippen LogP contribution is -2.59. The molecule has 1 aromatic carbocycles. The fraction of sp³-hybridized carbons (Fsp3) is 0.375. The van der Waals surface area contributed by atoms with Crippen LogP contribution in [0.4, 0.5) is 14.7 Å². The van der Waals surface area contributed by atoms with Gasteiger partial charge in [0.05, 0.1) is 17.9 Å². The van der Waals surface area contributed by atoms with Crippen molar-refractivity contribution in [3.63, 3.8) is 0 Å². The van der Waals surface area contributed by atoms with E-state index < -0.39 is 11.4 Å². The van der Waals surface area contributed by atoms with Gasteiger partial charge in [-0.05, 0) is 17.7 Å². The minimum Gasteiger partial charge on any atom is -0.338 e. The Bertz CT molecular complexity index is 726. The average molecular weight is 349 g/mol. The van der Waals surface area contributed by atoms with E-state index in [9.17, 15) is 8.78 Å². The average Bonchev–Trinajstić information content (AvgIpc) is 2.96. The Kier molecular flexibility index (Phi) is 3.90. The lowest BCUT2D eigenvalue weighted by molar-refractivity contribution is 0.274. The SMILES string of the molecule is NC1NC2(c3ccc(F)cc3)CN(c3ncc(F)cn3)CC2CS1. The van der Waals surface area contributed by atoms with Crippen molar-refractivity contribution in [2.75, 3.05) is 23.7 Å². The van der Waals surface area contributed by atoms with Gasteiger partial charge in [-0.3, -0.25) is 5.32 Å². The van der Waals surface area contributed by atoms with E-state index in [1.165, 1.54) is 24.5 Å². The van der Waals surface area contributed by atoms with Crippen molar-refractivity contribution >= 4 is 17.7 Å². The second kappa shape index (κ2) is 5.94. The van der Waals surface area contributed by atoms with Crippen molar-refractivity contribution in [1.29, 1.82) is 0 Å². The minimum atomic E-state index is -0.459. The highest BCUT2D eigenvalue weighted by Gasteiger charge is 2.51. The van der Waals surface area contributed by atoms with E-state index in [-0.39, 0.29) is 17.2 Å². The summed E-state index contributed by atoms with van der Waals surface area (Å²) in [6.07, 6.45) is 2.34. The Hall–Kier alpha value is -1.77. The number of hydrogen-bond acceptors (Lipinski definition) is 6. The van der Waals surface area contributed by atoms with Gasteiger partial charge in [0.2, 0.25) is 5.95 Å². The number of nitrogens with two attached hydrogens (primary N) is 1. The second-order valence-electron chi connectivity index (χ2n) is 6.16. The molecule has 2 aliphatic rings. The zero-order valence-corrected chi connectivity index (χ0v) is 13.6. The number of benzene rings is 1. The van der Waals surface area contributed by atoms with E-state index in [2.05, 4.69) is 15.3 Å². The van der Waals surface area contributed by atoms with Crippen LogP contribution < -0.4 is 16.0 Å². The maximum Gasteiger partial charge on any atom is 0.225 e. The Morgan fingerprint density at radius 3 is 2.58 bits per heavy atom. The molecular formula is C16H17F2N5S. The van der Waals surface area contributed by atoms with Gasteiger partial charge in [-0.25, -0.2) is 18.7 Å². The second-order valence-corrected chi connectivity index (χ2v) is 7.33. The summed E-state index contributed by atoms with van der Waals surface area (Å²) in [5.41, 5.74) is 6.53. The molecule has 4 rings (SSSR count). The van der Waals surface area contributed by atoms with Crippen LogP contribution in [-0.4, -0.2) is 34.3 Å². The third-order valence-corrected chi connectivity index (χ3v) is 5.78. The zero-order valence-electron chi connectivity index (χ0n) is 12.8. The summed E-state index contributed by atoms with van der Waals surface area (Å²) in [6, 6.07) is 6.53. The van der Waals surface area contributed by atoms with Crippen molar-refractivity contribution < 1.29 is 8.78 Å². The molecule has 0 radical (unpaired) electrons. The molecule has 0 saturated carbocycles. The van der Waals surface area contributed by atoms with Crippen LogP contribution in [0.2, 0.25) is 0 Å². The van der Waals surface area contributed by atoms with Gasteiger partial charge in [-0.1, -0.05) is 12.1 Å². The van der Waals surface area contributed by atoms with Gasteiger partial charge in [0, 0.05) is 24.8 Å². The largest absolute Gasteiger partial charge is 0.338 e. The van der Waals surface area contributed by atoms with Crippen LogP contribution in [0.3, 0.4) is 0 Å². The van der Waals surface area contributed by atoms with E-state index in [4.69, 9.17) is 5.73 Å². The van der Waals surface area contributed by atoms with Crippen LogP contribution in [0.25, 0.3) is 0 Å². The molecule has 2 aromatic rings. The number of nitrogens with zero attached hydrogens (tertiary/aromatic N) is 3. The summed E-state index contributed by atoms with van der Waals surface area (Å²) in [7, 11) is 0. The molecule has 3 unspecified atom stereocenters. The number of nitrogens with one attached hydrogen (secondary N) is 1. The highest BCUT2D eigenvalue weighted by Crippen LogP contribution is 2.43. The first-order chi connectivity index (χ1) is 11.6. The van der Waals surface area contributed by atoms with Crippen LogP contribution in [-0.2, 0) is 5.54 Å². The molecule has 3 heterocycles. The molecule has 3 atom stereocenters. The number of anilines is 1. The Labute approximate surface area is 142 Å². The quantitative estimate of drug-likeness (QED) is 0.860. The first-order valence-corrected chi connectivity index (χ1v) is 8.75. The maximum absolute atomic E-state index is 13.3. The predicted molar refractivity (Wildman–Crippen MR) is 89.3 cm³/mol. The van der Waals surface area contributed by atoms with E-state index in [1.54, 1.807) is 23.9 Å². The van der Waals surface area contributed by atoms with Gasteiger partial charge in [-0.15, -0.1) is 11.8 Å². The number of hydrogen-bond donors (Lipinski definition) is 2. The maximum atomic E-state index is 13.3. The molecule has 8 heteroatoms. The summed E-state index contributed by atoms with van der Waals surface area (Å²) in [5, 5.41) is 3.49. The van der Waals surface area contributed by atoms with Crippen molar-refractivity contribution in [2.24, 2.45) is 11.7 Å². The highest BCUT2D eigenvalue weighted by atomic mass is 32.2. The topological polar surface area (TPSA) is 67.1 Å². The van der Waals surface area contributed by atoms with Crippen LogP contribution in [0.15, 0.2) is 36.7 Å². The normalized spacial score (nSPS) is 29.5.